The van der Waals surface area contributed by atoms with Crippen LogP contribution in [0.1, 0.15) is 41.3 Å². The maximum Gasteiger partial charge on any atom is 0.259 e. The van der Waals surface area contributed by atoms with E-state index in [0.29, 0.717) is 31.6 Å². The summed E-state index contributed by atoms with van der Waals surface area (Å²) in [6.07, 6.45) is 7.36. The molecule has 0 spiro atoms. The second-order valence-electron chi connectivity index (χ2n) is 6.58. The van der Waals surface area contributed by atoms with Gasteiger partial charge in [0.1, 0.15) is 16.4 Å². The van der Waals surface area contributed by atoms with Crippen molar-refractivity contribution in [1.29, 1.82) is 0 Å². The van der Waals surface area contributed by atoms with Gasteiger partial charge in [-0.15, -0.1) is 11.3 Å². The lowest BCUT2D eigenvalue weighted by atomic mass is 9.97. The number of nitrogens with one attached hydrogen (secondary N) is 2. The van der Waals surface area contributed by atoms with Crippen molar-refractivity contribution in [2.45, 2.75) is 44.9 Å². The number of furan rings is 1. The molecule has 0 aromatic carbocycles. The zero-order valence-corrected chi connectivity index (χ0v) is 15.3. The number of carbonyl (C=O) groups excluding carboxylic acids is 1. The van der Waals surface area contributed by atoms with Crippen molar-refractivity contribution in [2.24, 2.45) is 0 Å². The van der Waals surface area contributed by atoms with Crippen LogP contribution in [-0.4, -0.2) is 22.4 Å². The fraction of sp³-hybridized carbons (Fsp3) is 0.421. The molecule has 0 fully saturated rings. The number of fused-ring (bicyclic) bond motifs is 3. The average Bonchev–Trinajstić information content (AvgIpc) is 3.27. The molecule has 0 saturated carbocycles. The summed E-state index contributed by atoms with van der Waals surface area (Å²) in [5.41, 5.74) is 1.12. The molecule has 0 radical (unpaired) electrons. The van der Waals surface area contributed by atoms with E-state index in [4.69, 9.17) is 4.42 Å². The topological polar surface area (TPSA) is 88.0 Å². The zero-order chi connectivity index (χ0) is 17.9. The molecule has 1 amide bonds. The van der Waals surface area contributed by atoms with Crippen molar-refractivity contribution >= 4 is 27.5 Å². The Labute approximate surface area is 154 Å². The van der Waals surface area contributed by atoms with Crippen molar-refractivity contribution in [3.63, 3.8) is 0 Å². The summed E-state index contributed by atoms with van der Waals surface area (Å²) < 4.78 is 5.23. The van der Waals surface area contributed by atoms with Crippen LogP contribution < -0.4 is 10.9 Å². The van der Waals surface area contributed by atoms with Gasteiger partial charge in [-0.25, -0.2) is 4.98 Å². The number of amides is 1. The van der Waals surface area contributed by atoms with Gasteiger partial charge in [0.05, 0.1) is 11.6 Å². The molecule has 3 aromatic rings. The Morgan fingerprint density at radius 2 is 2.19 bits per heavy atom. The first-order valence-electron chi connectivity index (χ1n) is 9.03. The van der Waals surface area contributed by atoms with Gasteiger partial charge in [-0.3, -0.25) is 9.59 Å². The van der Waals surface area contributed by atoms with Crippen molar-refractivity contribution in [3.8, 4) is 0 Å². The fourth-order valence-corrected chi connectivity index (χ4v) is 4.71. The number of carbonyl (C=O) groups is 1. The van der Waals surface area contributed by atoms with E-state index in [1.54, 1.807) is 17.6 Å². The first-order chi connectivity index (χ1) is 12.7. The number of rotatable bonds is 6. The van der Waals surface area contributed by atoms with Crippen molar-refractivity contribution < 1.29 is 9.21 Å². The van der Waals surface area contributed by atoms with E-state index in [1.807, 2.05) is 12.1 Å². The Morgan fingerprint density at radius 1 is 1.31 bits per heavy atom. The summed E-state index contributed by atoms with van der Waals surface area (Å²) in [7, 11) is 0. The lowest BCUT2D eigenvalue weighted by Crippen LogP contribution is -2.26. The Kier molecular flexibility index (Phi) is 4.88. The monoisotopic (exact) mass is 371 g/mol. The van der Waals surface area contributed by atoms with E-state index in [2.05, 4.69) is 15.3 Å². The molecule has 0 unspecified atom stereocenters. The molecule has 26 heavy (non-hydrogen) atoms. The number of nitrogens with zero attached hydrogens (tertiary/aromatic N) is 1. The number of hydrogen-bond acceptors (Lipinski definition) is 5. The largest absolute Gasteiger partial charge is 0.469 e. The Morgan fingerprint density at radius 3 is 3.04 bits per heavy atom. The lowest BCUT2D eigenvalue weighted by molar-refractivity contribution is -0.121. The summed E-state index contributed by atoms with van der Waals surface area (Å²) in [6, 6.07) is 3.72. The predicted octanol–water partition coefficient (Wildman–Crippen LogP) is 2.75. The van der Waals surface area contributed by atoms with Crippen LogP contribution in [0.3, 0.4) is 0 Å². The number of thiophene rings is 1. The first-order valence-corrected chi connectivity index (χ1v) is 9.85. The Bertz CT molecular complexity index is 972. The van der Waals surface area contributed by atoms with Crippen LogP contribution in [0.15, 0.2) is 27.6 Å². The molecule has 136 valence electrons. The molecule has 1 aliphatic rings. The van der Waals surface area contributed by atoms with Gasteiger partial charge in [-0.1, -0.05) is 0 Å². The van der Waals surface area contributed by atoms with E-state index in [0.717, 1.165) is 35.2 Å². The van der Waals surface area contributed by atoms with Gasteiger partial charge in [-0.05, 0) is 43.4 Å². The third-order valence-corrected chi connectivity index (χ3v) is 5.92. The van der Waals surface area contributed by atoms with Gasteiger partial charge in [0, 0.05) is 30.7 Å². The summed E-state index contributed by atoms with van der Waals surface area (Å²) >= 11 is 1.63. The molecule has 1 aliphatic carbocycles. The van der Waals surface area contributed by atoms with Gasteiger partial charge in [0.25, 0.3) is 5.56 Å². The number of aryl methyl sites for hydroxylation is 3. The smallest absolute Gasteiger partial charge is 0.259 e. The molecule has 7 heteroatoms. The minimum Gasteiger partial charge on any atom is -0.469 e. The molecule has 6 nitrogen and oxygen atoms in total. The van der Waals surface area contributed by atoms with E-state index in [1.165, 1.54) is 16.9 Å². The molecule has 0 bridgehead atoms. The van der Waals surface area contributed by atoms with Crippen molar-refractivity contribution in [1.82, 2.24) is 15.3 Å². The van der Waals surface area contributed by atoms with Gasteiger partial charge >= 0.3 is 0 Å². The molecule has 2 N–H and O–H groups in total. The lowest BCUT2D eigenvalue weighted by Gasteiger charge is -2.09. The minimum absolute atomic E-state index is 0.0511. The second kappa shape index (κ2) is 7.45. The van der Waals surface area contributed by atoms with Gasteiger partial charge in [0.2, 0.25) is 5.91 Å². The molecular formula is C19H21N3O3S. The predicted molar refractivity (Wildman–Crippen MR) is 101 cm³/mol. The summed E-state index contributed by atoms with van der Waals surface area (Å²) in [5, 5.41) is 3.63. The van der Waals surface area contributed by atoms with Crippen LogP contribution in [0, 0.1) is 0 Å². The first kappa shape index (κ1) is 17.0. The highest BCUT2D eigenvalue weighted by atomic mass is 32.1. The summed E-state index contributed by atoms with van der Waals surface area (Å²) in [4.78, 5) is 34.1. The molecule has 4 rings (SSSR count). The number of aromatic amines is 1. The minimum atomic E-state index is -0.0670. The normalized spacial score (nSPS) is 13.7. The van der Waals surface area contributed by atoms with Gasteiger partial charge < -0.3 is 14.7 Å². The highest BCUT2D eigenvalue weighted by Gasteiger charge is 2.19. The van der Waals surface area contributed by atoms with E-state index >= 15 is 0 Å². The van der Waals surface area contributed by atoms with E-state index in [-0.39, 0.29) is 11.5 Å². The fourth-order valence-electron chi connectivity index (χ4n) is 3.43. The van der Waals surface area contributed by atoms with E-state index < -0.39 is 0 Å². The third-order valence-electron chi connectivity index (χ3n) is 4.74. The standard InChI is InChI=1S/C19H21N3O3S/c23-16(20-10-9-12-4-3-11-25-12)8-7-15-21-18(24)17-13-5-1-2-6-14(13)26-19(17)22-15/h3-4,11H,1-2,5-10H2,(H,20,23)(H,21,22,24). The van der Waals surface area contributed by atoms with Crippen LogP contribution in [0.5, 0.6) is 0 Å². The van der Waals surface area contributed by atoms with Crippen molar-refractivity contribution in [2.75, 3.05) is 6.54 Å². The highest BCUT2D eigenvalue weighted by Crippen LogP contribution is 2.33. The van der Waals surface area contributed by atoms with Crippen LogP contribution in [0.25, 0.3) is 10.2 Å². The van der Waals surface area contributed by atoms with Crippen LogP contribution >= 0.6 is 11.3 Å². The third kappa shape index (κ3) is 3.58. The van der Waals surface area contributed by atoms with Crippen LogP contribution in [0.2, 0.25) is 0 Å². The Hall–Kier alpha value is -2.41. The number of H-pyrrole nitrogens is 1. The summed E-state index contributed by atoms with van der Waals surface area (Å²) in [5.74, 6) is 1.38. The van der Waals surface area contributed by atoms with Crippen LogP contribution in [-0.2, 0) is 30.5 Å². The molecular weight excluding hydrogens is 350 g/mol. The Balaban J connectivity index is 1.38. The molecule has 0 aliphatic heterocycles. The SMILES string of the molecule is O=C(CCc1nc2sc3c(c2c(=O)[nH]1)CCCC3)NCCc1ccco1. The summed E-state index contributed by atoms with van der Waals surface area (Å²) in [6.45, 7) is 0.535. The average molecular weight is 371 g/mol. The quantitative estimate of drug-likeness (QED) is 0.697. The van der Waals surface area contributed by atoms with Crippen molar-refractivity contribution in [3.05, 3.63) is 50.8 Å². The number of hydrogen-bond donors (Lipinski definition) is 2. The zero-order valence-electron chi connectivity index (χ0n) is 14.5. The van der Waals surface area contributed by atoms with Gasteiger partial charge in [0.15, 0.2) is 0 Å². The molecule has 0 atom stereocenters. The molecule has 0 saturated heterocycles. The maximum atomic E-state index is 12.5. The maximum absolute atomic E-state index is 12.5. The van der Waals surface area contributed by atoms with E-state index in [9.17, 15) is 9.59 Å². The molecule has 3 heterocycles. The molecule has 3 aromatic heterocycles. The highest BCUT2D eigenvalue weighted by molar-refractivity contribution is 7.18. The van der Waals surface area contributed by atoms with Crippen LogP contribution in [0.4, 0.5) is 0 Å². The second-order valence-corrected chi connectivity index (χ2v) is 7.67. The van der Waals surface area contributed by atoms with Gasteiger partial charge in [-0.2, -0.15) is 0 Å². The number of aromatic nitrogens is 2.